The minimum Gasteiger partial charge on any atom is -0.324 e. The molecule has 1 atom stereocenters. The van der Waals surface area contributed by atoms with E-state index in [1.165, 1.54) is 6.07 Å². The molecule has 3 aromatic carbocycles. The van der Waals surface area contributed by atoms with Crippen LogP contribution in [0.4, 0.5) is 4.39 Å². The first-order valence-corrected chi connectivity index (χ1v) is 7.18. The summed E-state index contributed by atoms with van der Waals surface area (Å²) >= 11 is 6.22. The molecule has 0 aliphatic carbocycles. The molecule has 0 saturated carbocycles. The Hall–Kier alpha value is -1.90. The highest BCUT2D eigenvalue weighted by molar-refractivity contribution is 6.36. The van der Waals surface area contributed by atoms with E-state index in [0.717, 1.165) is 21.9 Å². The van der Waals surface area contributed by atoms with Gasteiger partial charge in [0.05, 0.1) is 0 Å². The predicted octanol–water partition coefficient (Wildman–Crippen LogP) is 5.32. The maximum absolute atomic E-state index is 14.3. The van der Waals surface area contributed by atoms with Crippen LogP contribution in [0.3, 0.4) is 0 Å². The van der Waals surface area contributed by atoms with Gasteiger partial charge in [-0.25, -0.2) is 4.39 Å². The van der Waals surface area contributed by atoms with Crippen molar-refractivity contribution in [2.45, 2.75) is 13.0 Å². The van der Waals surface area contributed by atoms with Crippen molar-refractivity contribution in [1.29, 1.82) is 0 Å². The van der Waals surface area contributed by atoms with Gasteiger partial charge in [0.15, 0.2) is 0 Å². The first-order chi connectivity index (χ1) is 10.1. The summed E-state index contributed by atoms with van der Waals surface area (Å²) in [6.45, 7) is 1.89. The summed E-state index contributed by atoms with van der Waals surface area (Å²) in [6, 6.07) is 16.3. The predicted molar refractivity (Wildman–Crippen MR) is 87.0 cm³/mol. The Morgan fingerprint density at radius 1 is 0.952 bits per heavy atom. The van der Waals surface area contributed by atoms with Crippen LogP contribution < -0.4 is 5.73 Å². The van der Waals surface area contributed by atoms with Crippen LogP contribution in [0, 0.1) is 5.82 Å². The monoisotopic (exact) mass is 299 g/mol. The van der Waals surface area contributed by atoms with Crippen LogP contribution in [0.5, 0.6) is 0 Å². The number of halogens is 2. The van der Waals surface area contributed by atoms with E-state index in [1.807, 2.05) is 43.3 Å². The van der Waals surface area contributed by atoms with Crippen molar-refractivity contribution >= 4 is 22.4 Å². The highest BCUT2D eigenvalue weighted by atomic mass is 35.5. The van der Waals surface area contributed by atoms with Crippen LogP contribution >= 0.6 is 11.6 Å². The van der Waals surface area contributed by atoms with E-state index in [2.05, 4.69) is 0 Å². The number of fused-ring (bicyclic) bond motifs is 1. The van der Waals surface area contributed by atoms with Crippen LogP contribution in [-0.4, -0.2) is 0 Å². The molecule has 0 saturated heterocycles. The van der Waals surface area contributed by atoms with E-state index in [-0.39, 0.29) is 11.9 Å². The Morgan fingerprint density at radius 3 is 2.38 bits per heavy atom. The highest BCUT2D eigenvalue weighted by Crippen LogP contribution is 2.35. The molecule has 0 aliphatic rings. The lowest BCUT2D eigenvalue weighted by Crippen LogP contribution is -2.05. The zero-order chi connectivity index (χ0) is 15.0. The van der Waals surface area contributed by atoms with Gasteiger partial charge in [0, 0.05) is 22.0 Å². The van der Waals surface area contributed by atoms with E-state index in [9.17, 15) is 4.39 Å². The van der Waals surface area contributed by atoms with Crippen LogP contribution in [-0.2, 0) is 0 Å². The summed E-state index contributed by atoms with van der Waals surface area (Å²) in [5.74, 6) is -0.258. The summed E-state index contributed by atoms with van der Waals surface area (Å²) in [6.07, 6.45) is 0. The van der Waals surface area contributed by atoms with Crippen molar-refractivity contribution in [2.24, 2.45) is 5.73 Å². The van der Waals surface area contributed by atoms with Crippen LogP contribution in [0.1, 0.15) is 18.5 Å². The van der Waals surface area contributed by atoms with Crippen LogP contribution in [0.25, 0.3) is 21.9 Å². The number of hydrogen-bond acceptors (Lipinski definition) is 1. The first-order valence-electron chi connectivity index (χ1n) is 6.80. The van der Waals surface area contributed by atoms with Gasteiger partial charge in [0.25, 0.3) is 0 Å². The maximum atomic E-state index is 14.3. The lowest BCUT2D eigenvalue weighted by molar-refractivity contribution is 0.629. The molecule has 0 spiro atoms. The van der Waals surface area contributed by atoms with Gasteiger partial charge >= 0.3 is 0 Å². The Labute approximate surface area is 128 Å². The zero-order valence-electron chi connectivity index (χ0n) is 11.6. The summed E-state index contributed by atoms with van der Waals surface area (Å²) in [5.41, 5.74) is 8.19. The smallest absolute Gasteiger partial charge is 0.131 e. The number of benzene rings is 3. The molecule has 0 bridgehead atoms. The third-order valence-corrected chi connectivity index (χ3v) is 4.01. The van der Waals surface area contributed by atoms with Crippen molar-refractivity contribution in [3.63, 3.8) is 0 Å². The van der Waals surface area contributed by atoms with Crippen LogP contribution in [0.2, 0.25) is 5.02 Å². The average molecular weight is 300 g/mol. The van der Waals surface area contributed by atoms with E-state index >= 15 is 0 Å². The second-order valence-corrected chi connectivity index (χ2v) is 5.58. The summed E-state index contributed by atoms with van der Waals surface area (Å²) < 4.78 is 14.3. The summed E-state index contributed by atoms with van der Waals surface area (Å²) in [7, 11) is 0. The largest absolute Gasteiger partial charge is 0.324 e. The fraction of sp³-hybridized carbons (Fsp3) is 0.111. The van der Waals surface area contributed by atoms with Gasteiger partial charge in [0.1, 0.15) is 5.82 Å². The Kier molecular flexibility index (Phi) is 3.66. The molecule has 3 heteroatoms. The van der Waals surface area contributed by atoms with Gasteiger partial charge in [-0.1, -0.05) is 48.0 Å². The van der Waals surface area contributed by atoms with Gasteiger partial charge in [-0.3, -0.25) is 0 Å². The van der Waals surface area contributed by atoms with Gasteiger partial charge in [-0.2, -0.15) is 0 Å². The molecule has 0 aromatic heterocycles. The Morgan fingerprint density at radius 2 is 1.67 bits per heavy atom. The van der Waals surface area contributed by atoms with Gasteiger partial charge in [-0.05, 0) is 41.6 Å². The van der Waals surface area contributed by atoms with E-state index in [1.54, 1.807) is 12.1 Å². The van der Waals surface area contributed by atoms with E-state index in [0.29, 0.717) is 10.6 Å². The SMILES string of the molecule is CC(N)c1ccc(F)c(-c2ccc(Cl)c3ccccc23)c1. The number of rotatable bonds is 2. The molecule has 2 N–H and O–H groups in total. The first kappa shape index (κ1) is 14.1. The Bertz CT molecular complexity index is 811. The number of nitrogens with two attached hydrogens (primary N) is 1. The molecular weight excluding hydrogens is 285 g/mol. The maximum Gasteiger partial charge on any atom is 0.131 e. The molecule has 1 unspecified atom stereocenters. The summed E-state index contributed by atoms with van der Waals surface area (Å²) in [5, 5.41) is 2.52. The fourth-order valence-electron chi connectivity index (χ4n) is 2.53. The van der Waals surface area contributed by atoms with Gasteiger partial charge in [-0.15, -0.1) is 0 Å². The van der Waals surface area contributed by atoms with E-state index in [4.69, 9.17) is 17.3 Å². The third kappa shape index (κ3) is 2.53. The van der Waals surface area contributed by atoms with E-state index < -0.39 is 0 Å². The van der Waals surface area contributed by atoms with Crippen molar-refractivity contribution < 1.29 is 4.39 Å². The van der Waals surface area contributed by atoms with Crippen molar-refractivity contribution in [3.8, 4) is 11.1 Å². The lowest BCUT2D eigenvalue weighted by Gasteiger charge is -2.12. The van der Waals surface area contributed by atoms with Crippen LogP contribution in [0.15, 0.2) is 54.6 Å². The highest BCUT2D eigenvalue weighted by Gasteiger charge is 2.12. The standard InChI is InChI=1S/C18H15ClFN/c1-11(21)12-6-9-18(20)16(10-12)14-7-8-17(19)15-5-3-2-4-13(14)15/h2-11H,21H2,1H3. The molecule has 21 heavy (non-hydrogen) atoms. The molecule has 106 valence electrons. The van der Waals surface area contributed by atoms with Crippen molar-refractivity contribution in [1.82, 2.24) is 0 Å². The second-order valence-electron chi connectivity index (χ2n) is 5.17. The van der Waals surface area contributed by atoms with Crippen molar-refractivity contribution in [2.75, 3.05) is 0 Å². The van der Waals surface area contributed by atoms with Gasteiger partial charge in [0.2, 0.25) is 0 Å². The lowest BCUT2D eigenvalue weighted by atomic mass is 9.95. The zero-order valence-corrected chi connectivity index (χ0v) is 12.4. The average Bonchev–Trinajstić information content (AvgIpc) is 2.49. The molecule has 0 amide bonds. The molecule has 1 nitrogen and oxygen atoms in total. The normalized spacial score (nSPS) is 12.6. The summed E-state index contributed by atoms with van der Waals surface area (Å²) in [4.78, 5) is 0. The molecule has 0 aliphatic heterocycles. The molecule has 0 radical (unpaired) electrons. The molecule has 0 heterocycles. The molecule has 0 fully saturated rings. The second kappa shape index (κ2) is 5.47. The Balaban J connectivity index is 2.31. The number of hydrogen-bond donors (Lipinski definition) is 1. The molecular formula is C18H15ClFN. The fourth-order valence-corrected chi connectivity index (χ4v) is 2.76. The quantitative estimate of drug-likeness (QED) is 0.681. The van der Waals surface area contributed by atoms with Gasteiger partial charge < -0.3 is 5.73 Å². The van der Waals surface area contributed by atoms with Crippen molar-refractivity contribution in [3.05, 3.63) is 71.0 Å². The molecule has 3 rings (SSSR count). The minimum absolute atomic E-state index is 0.136. The molecule has 3 aromatic rings. The third-order valence-electron chi connectivity index (χ3n) is 3.68. The minimum atomic E-state index is -0.258. The topological polar surface area (TPSA) is 26.0 Å².